The molecule has 5 aromatic rings. The molecular formula is C36H39N5S2. The van der Waals surface area contributed by atoms with Gasteiger partial charge < -0.3 is 10.6 Å². The Hall–Kier alpha value is -3.49. The molecule has 2 N–H and O–H groups in total. The summed E-state index contributed by atoms with van der Waals surface area (Å²) in [5.74, 6) is 3.64. The van der Waals surface area contributed by atoms with Gasteiger partial charge in [-0.05, 0) is 80.9 Å². The van der Waals surface area contributed by atoms with E-state index in [0.29, 0.717) is 17.5 Å². The first-order chi connectivity index (χ1) is 21.1. The van der Waals surface area contributed by atoms with Crippen molar-refractivity contribution in [3.63, 3.8) is 0 Å². The predicted octanol–water partition coefficient (Wildman–Crippen LogP) is 8.35. The lowest BCUT2D eigenvalue weighted by Gasteiger charge is -2.12. The summed E-state index contributed by atoms with van der Waals surface area (Å²) in [7, 11) is 2.19. The van der Waals surface area contributed by atoms with Crippen molar-refractivity contribution in [2.75, 3.05) is 13.6 Å². The van der Waals surface area contributed by atoms with Crippen molar-refractivity contribution in [1.29, 1.82) is 0 Å². The Balaban J connectivity index is 0.000000463. The van der Waals surface area contributed by atoms with Gasteiger partial charge in [0.2, 0.25) is 0 Å². The van der Waals surface area contributed by atoms with E-state index in [4.69, 9.17) is 10.7 Å². The third kappa shape index (κ3) is 9.25. The second-order valence-electron chi connectivity index (χ2n) is 10.7. The van der Waals surface area contributed by atoms with Gasteiger partial charge in [-0.15, -0.1) is 23.5 Å². The maximum Gasteiger partial charge on any atom is 0.163 e. The summed E-state index contributed by atoms with van der Waals surface area (Å²) in [6.45, 7) is 3.85. The van der Waals surface area contributed by atoms with Crippen LogP contribution in [0.5, 0.6) is 0 Å². The maximum atomic E-state index is 5.97. The van der Waals surface area contributed by atoms with E-state index in [-0.39, 0.29) is 6.54 Å². The molecule has 1 aliphatic heterocycles. The molecule has 1 atom stereocenters. The number of hydrogen-bond donors (Lipinski definition) is 1. The summed E-state index contributed by atoms with van der Waals surface area (Å²) in [5, 5.41) is 0. The molecule has 220 valence electrons. The zero-order valence-corrected chi connectivity index (χ0v) is 26.5. The van der Waals surface area contributed by atoms with E-state index in [2.05, 4.69) is 114 Å². The highest BCUT2D eigenvalue weighted by atomic mass is 32.2. The van der Waals surface area contributed by atoms with E-state index in [1.165, 1.54) is 40.3 Å². The number of thioether (sulfide) groups is 2. The number of aromatic nitrogens is 3. The van der Waals surface area contributed by atoms with E-state index in [0.717, 1.165) is 28.7 Å². The smallest absolute Gasteiger partial charge is 0.163 e. The SMILES string of the molecule is C[C@@H]1CCCN1C.NCc1nc(-c2cccc(CSc3ccccc3)c2)nc(-c2cccc(CSc3ccccc3)c2)n1. The predicted molar refractivity (Wildman–Crippen MR) is 182 cm³/mol. The van der Waals surface area contributed by atoms with Crippen LogP contribution in [-0.2, 0) is 18.1 Å². The summed E-state index contributed by atoms with van der Waals surface area (Å²) in [6.07, 6.45) is 2.80. The molecule has 43 heavy (non-hydrogen) atoms. The largest absolute Gasteiger partial charge is 0.324 e. The fourth-order valence-electron chi connectivity index (χ4n) is 4.81. The van der Waals surface area contributed by atoms with Gasteiger partial charge in [0.15, 0.2) is 11.6 Å². The number of benzene rings is 4. The highest BCUT2D eigenvalue weighted by Gasteiger charge is 2.14. The van der Waals surface area contributed by atoms with Crippen LogP contribution in [0, 0.1) is 0 Å². The fraction of sp³-hybridized carbons (Fsp3) is 0.250. The number of nitrogens with zero attached hydrogens (tertiary/aromatic N) is 4. The van der Waals surface area contributed by atoms with E-state index < -0.39 is 0 Å². The minimum Gasteiger partial charge on any atom is -0.324 e. The molecule has 0 aliphatic carbocycles. The Bertz CT molecular complexity index is 1470. The van der Waals surface area contributed by atoms with E-state index >= 15 is 0 Å². The molecule has 0 bridgehead atoms. The van der Waals surface area contributed by atoms with Crippen molar-refractivity contribution in [3.8, 4) is 22.8 Å². The molecule has 0 unspecified atom stereocenters. The van der Waals surface area contributed by atoms with Gasteiger partial charge in [0.25, 0.3) is 0 Å². The third-order valence-corrected chi connectivity index (χ3v) is 9.58. The van der Waals surface area contributed by atoms with Crippen molar-refractivity contribution in [1.82, 2.24) is 19.9 Å². The molecule has 1 aromatic heterocycles. The average Bonchev–Trinajstić information content (AvgIpc) is 3.45. The molecule has 1 aliphatic rings. The molecule has 0 amide bonds. The quantitative estimate of drug-likeness (QED) is 0.169. The number of likely N-dealkylation sites (tertiary alicyclic amines) is 1. The third-order valence-electron chi connectivity index (χ3n) is 7.42. The first-order valence-corrected chi connectivity index (χ1v) is 16.7. The molecule has 6 rings (SSSR count). The van der Waals surface area contributed by atoms with Crippen molar-refractivity contribution in [3.05, 3.63) is 126 Å². The van der Waals surface area contributed by atoms with Gasteiger partial charge in [-0.3, -0.25) is 0 Å². The van der Waals surface area contributed by atoms with Crippen LogP contribution in [0.4, 0.5) is 0 Å². The zero-order chi connectivity index (χ0) is 29.9. The van der Waals surface area contributed by atoms with Gasteiger partial charge in [0.1, 0.15) is 5.82 Å². The van der Waals surface area contributed by atoms with E-state index in [9.17, 15) is 0 Å². The minimum absolute atomic E-state index is 0.260. The maximum absolute atomic E-state index is 5.97. The standard InChI is InChI=1S/C30H26N4S2.C6H13N/c31-19-28-32-29(24-11-7-9-22(17-24)20-35-26-13-3-1-4-14-26)34-30(33-28)25-12-8-10-23(18-25)21-36-27-15-5-2-6-16-27;1-6-4-3-5-7(6)2/h1-18H,19-21,31H2;6H,3-5H2,1-2H3/t;6-/m.1/s1. The second kappa shape index (κ2) is 15.8. The van der Waals surface area contributed by atoms with Crippen LogP contribution in [0.2, 0.25) is 0 Å². The zero-order valence-electron chi connectivity index (χ0n) is 24.9. The van der Waals surface area contributed by atoms with Gasteiger partial charge in [-0.1, -0.05) is 72.8 Å². The monoisotopic (exact) mass is 605 g/mol. The topological polar surface area (TPSA) is 67.9 Å². The molecule has 0 saturated carbocycles. The van der Waals surface area contributed by atoms with Crippen molar-refractivity contribution in [2.24, 2.45) is 5.73 Å². The van der Waals surface area contributed by atoms with Gasteiger partial charge in [-0.25, -0.2) is 15.0 Å². The van der Waals surface area contributed by atoms with Crippen molar-refractivity contribution in [2.45, 2.75) is 53.6 Å². The molecule has 2 heterocycles. The normalized spacial score (nSPS) is 14.7. The molecule has 5 nitrogen and oxygen atoms in total. The summed E-state index contributed by atoms with van der Waals surface area (Å²) in [5.41, 5.74) is 10.3. The summed E-state index contributed by atoms with van der Waals surface area (Å²) >= 11 is 3.63. The lowest BCUT2D eigenvalue weighted by molar-refractivity contribution is 0.331. The summed E-state index contributed by atoms with van der Waals surface area (Å²) < 4.78 is 0. The molecule has 1 fully saturated rings. The number of nitrogens with two attached hydrogens (primary N) is 1. The molecule has 1 saturated heterocycles. The Labute approximate surface area is 264 Å². The summed E-state index contributed by atoms with van der Waals surface area (Å²) in [4.78, 5) is 19.0. The molecule has 7 heteroatoms. The first-order valence-electron chi connectivity index (χ1n) is 14.8. The second-order valence-corrected chi connectivity index (χ2v) is 12.8. The molecule has 4 aromatic carbocycles. The first kappa shape index (κ1) is 31.0. The molecule has 0 spiro atoms. The Morgan fingerprint density at radius 3 is 1.60 bits per heavy atom. The van der Waals surface area contributed by atoms with Crippen LogP contribution in [-0.4, -0.2) is 39.5 Å². The lowest BCUT2D eigenvalue weighted by atomic mass is 10.1. The van der Waals surface area contributed by atoms with Crippen molar-refractivity contribution >= 4 is 23.5 Å². The Morgan fingerprint density at radius 2 is 1.21 bits per heavy atom. The van der Waals surface area contributed by atoms with Gasteiger partial charge in [0, 0.05) is 38.5 Å². The lowest BCUT2D eigenvalue weighted by Crippen LogP contribution is -2.20. The fourth-order valence-corrected chi connectivity index (χ4v) is 6.54. The Kier molecular flexibility index (Phi) is 11.4. The minimum atomic E-state index is 0.260. The highest BCUT2D eigenvalue weighted by Crippen LogP contribution is 2.28. The number of hydrogen-bond acceptors (Lipinski definition) is 7. The number of rotatable bonds is 9. The Morgan fingerprint density at radius 1 is 0.698 bits per heavy atom. The van der Waals surface area contributed by atoms with Gasteiger partial charge in [-0.2, -0.15) is 0 Å². The van der Waals surface area contributed by atoms with Crippen LogP contribution >= 0.6 is 23.5 Å². The van der Waals surface area contributed by atoms with Crippen LogP contribution in [0.3, 0.4) is 0 Å². The highest BCUT2D eigenvalue weighted by molar-refractivity contribution is 7.98. The van der Waals surface area contributed by atoms with E-state index in [1.54, 1.807) is 0 Å². The van der Waals surface area contributed by atoms with Crippen LogP contribution < -0.4 is 5.73 Å². The van der Waals surface area contributed by atoms with Crippen LogP contribution in [0.15, 0.2) is 119 Å². The van der Waals surface area contributed by atoms with E-state index in [1.807, 2.05) is 47.8 Å². The van der Waals surface area contributed by atoms with Crippen LogP contribution in [0.25, 0.3) is 22.8 Å². The van der Waals surface area contributed by atoms with Gasteiger partial charge in [0.05, 0.1) is 6.54 Å². The summed E-state index contributed by atoms with van der Waals surface area (Å²) in [6, 6.07) is 38.5. The van der Waals surface area contributed by atoms with Crippen molar-refractivity contribution < 1.29 is 0 Å². The van der Waals surface area contributed by atoms with Crippen LogP contribution in [0.1, 0.15) is 36.7 Å². The molecular weight excluding hydrogens is 567 g/mol. The molecule has 0 radical (unpaired) electrons. The average molecular weight is 606 g/mol. The van der Waals surface area contributed by atoms with Gasteiger partial charge >= 0.3 is 0 Å².